The maximum absolute atomic E-state index is 5.90. The summed E-state index contributed by atoms with van der Waals surface area (Å²) in [5.41, 5.74) is 2.23. The zero-order chi connectivity index (χ0) is 16.5. The highest BCUT2D eigenvalue weighted by molar-refractivity contribution is 14.0. The Labute approximate surface area is 165 Å². The first-order valence-corrected chi connectivity index (χ1v) is 8.79. The van der Waals surface area contributed by atoms with E-state index in [1.807, 2.05) is 13.1 Å². The smallest absolute Gasteiger partial charge is 0.191 e. The van der Waals surface area contributed by atoms with Gasteiger partial charge in [0, 0.05) is 20.1 Å². The number of aromatic nitrogens is 2. The minimum atomic E-state index is 0. The van der Waals surface area contributed by atoms with Gasteiger partial charge in [0.2, 0.25) is 0 Å². The van der Waals surface area contributed by atoms with E-state index in [1.54, 1.807) is 0 Å². The van der Waals surface area contributed by atoms with E-state index in [0.29, 0.717) is 18.2 Å². The van der Waals surface area contributed by atoms with Crippen LogP contribution < -0.4 is 10.6 Å². The fourth-order valence-electron chi connectivity index (χ4n) is 3.92. The average Bonchev–Trinajstić information content (AvgIpc) is 3.28. The summed E-state index contributed by atoms with van der Waals surface area (Å²) in [6, 6.07) is 8.66. The van der Waals surface area contributed by atoms with Gasteiger partial charge in [-0.15, -0.1) is 24.0 Å². The molecule has 3 heterocycles. The van der Waals surface area contributed by atoms with Crippen LogP contribution in [0.15, 0.2) is 29.3 Å². The van der Waals surface area contributed by atoms with Gasteiger partial charge in [-0.25, -0.2) is 4.98 Å². The predicted molar refractivity (Wildman–Crippen MR) is 111 cm³/mol. The van der Waals surface area contributed by atoms with E-state index < -0.39 is 0 Å². The lowest BCUT2D eigenvalue weighted by atomic mass is 9.96. The second kappa shape index (κ2) is 7.90. The van der Waals surface area contributed by atoms with Crippen LogP contribution in [-0.4, -0.2) is 47.4 Å². The Morgan fingerprint density at radius 1 is 1.36 bits per heavy atom. The lowest BCUT2D eigenvalue weighted by Crippen LogP contribution is -2.48. The lowest BCUT2D eigenvalue weighted by Gasteiger charge is -2.22. The number of rotatable bonds is 4. The molecule has 2 fully saturated rings. The summed E-state index contributed by atoms with van der Waals surface area (Å²) in [7, 11) is 1.82. The van der Waals surface area contributed by atoms with Crippen LogP contribution in [-0.2, 0) is 11.3 Å². The van der Waals surface area contributed by atoms with E-state index in [4.69, 9.17) is 4.74 Å². The first-order valence-electron chi connectivity index (χ1n) is 8.79. The molecule has 2 bridgehead atoms. The van der Waals surface area contributed by atoms with E-state index in [2.05, 4.69) is 50.3 Å². The number of para-hydroxylation sites is 2. The molecule has 0 radical (unpaired) electrons. The Kier molecular flexibility index (Phi) is 5.83. The molecule has 1 aromatic carbocycles. The molecule has 2 aliphatic heterocycles. The third-order valence-corrected chi connectivity index (χ3v) is 5.12. The molecule has 1 aromatic heterocycles. The molecule has 3 unspecified atom stereocenters. The van der Waals surface area contributed by atoms with Crippen molar-refractivity contribution in [1.82, 2.24) is 20.2 Å². The van der Waals surface area contributed by atoms with Gasteiger partial charge in [-0.3, -0.25) is 4.99 Å². The van der Waals surface area contributed by atoms with Crippen molar-refractivity contribution in [2.24, 2.45) is 4.99 Å². The van der Waals surface area contributed by atoms with E-state index >= 15 is 0 Å². The van der Waals surface area contributed by atoms with Gasteiger partial charge < -0.3 is 19.9 Å². The van der Waals surface area contributed by atoms with Gasteiger partial charge in [-0.2, -0.15) is 0 Å². The molecular weight excluding hydrogens is 429 g/mol. The first kappa shape index (κ1) is 18.4. The van der Waals surface area contributed by atoms with Crippen LogP contribution in [0.25, 0.3) is 11.0 Å². The largest absolute Gasteiger partial charge is 0.373 e. The van der Waals surface area contributed by atoms with Gasteiger partial charge >= 0.3 is 0 Å². The van der Waals surface area contributed by atoms with Crippen molar-refractivity contribution >= 4 is 41.0 Å². The Hall–Kier alpha value is -1.35. The molecule has 4 rings (SSSR count). The number of halogens is 1. The van der Waals surface area contributed by atoms with Gasteiger partial charge in [-0.1, -0.05) is 12.1 Å². The lowest BCUT2D eigenvalue weighted by molar-refractivity contribution is 0.0992. The Morgan fingerprint density at radius 2 is 2.20 bits per heavy atom. The van der Waals surface area contributed by atoms with Crippen LogP contribution in [0.5, 0.6) is 0 Å². The van der Waals surface area contributed by atoms with E-state index in [0.717, 1.165) is 36.8 Å². The van der Waals surface area contributed by atoms with Crippen molar-refractivity contribution in [2.45, 2.75) is 51.0 Å². The summed E-state index contributed by atoms with van der Waals surface area (Å²) < 4.78 is 8.15. The number of benzene rings is 1. The SMILES string of the molecule is CN=C(NCCn1c(C)nc2ccccc21)NC1CC2CCC1O2.I. The first-order chi connectivity index (χ1) is 11.7. The van der Waals surface area contributed by atoms with E-state index in [9.17, 15) is 0 Å². The molecule has 2 saturated heterocycles. The summed E-state index contributed by atoms with van der Waals surface area (Å²) >= 11 is 0. The molecule has 0 spiro atoms. The number of hydrogen-bond acceptors (Lipinski definition) is 3. The second-order valence-electron chi connectivity index (χ2n) is 6.66. The highest BCUT2D eigenvalue weighted by Crippen LogP contribution is 2.34. The van der Waals surface area contributed by atoms with Crippen LogP contribution in [0, 0.1) is 6.92 Å². The highest BCUT2D eigenvalue weighted by atomic mass is 127. The van der Waals surface area contributed by atoms with Gasteiger partial charge in [0.25, 0.3) is 0 Å². The third-order valence-electron chi connectivity index (χ3n) is 5.12. The third kappa shape index (κ3) is 3.76. The molecule has 0 saturated carbocycles. The molecule has 0 aliphatic carbocycles. The van der Waals surface area contributed by atoms with E-state index in [1.165, 1.54) is 18.4 Å². The molecule has 136 valence electrons. The molecule has 0 amide bonds. The van der Waals surface area contributed by atoms with Gasteiger partial charge in [0.05, 0.1) is 29.3 Å². The quantitative estimate of drug-likeness (QED) is 0.423. The predicted octanol–water partition coefficient (Wildman–Crippen LogP) is 2.45. The molecule has 2 N–H and O–H groups in total. The van der Waals surface area contributed by atoms with Crippen LogP contribution in [0.1, 0.15) is 25.1 Å². The van der Waals surface area contributed by atoms with Crippen molar-refractivity contribution < 1.29 is 4.74 Å². The van der Waals surface area contributed by atoms with Crippen molar-refractivity contribution in [3.63, 3.8) is 0 Å². The van der Waals surface area contributed by atoms with Gasteiger partial charge in [0.1, 0.15) is 5.82 Å². The van der Waals surface area contributed by atoms with Crippen molar-refractivity contribution in [1.29, 1.82) is 0 Å². The Morgan fingerprint density at radius 3 is 2.92 bits per heavy atom. The summed E-state index contributed by atoms with van der Waals surface area (Å²) in [4.78, 5) is 8.97. The molecule has 3 atom stereocenters. The zero-order valence-electron chi connectivity index (χ0n) is 14.7. The van der Waals surface area contributed by atoms with Crippen LogP contribution in [0.2, 0.25) is 0 Å². The Bertz CT molecular complexity index is 759. The van der Waals surface area contributed by atoms with Gasteiger partial charge in [-0.05, 0) is 38.3 Å². The summed E-state index contributed by atoms with van der Waals surface area (Å²) in [5, 5.41) is 6.94. The number of nitrogens with one attached hydrogen (secondary N) is 2. The number of nitrogens with zero attached hydrogens (tertiary/aromatic N) is 3. The fraction of sp³-hybridized carbons (Fsp3) is 0.556. The molecule has 2 aromatic rings. The topological polar surface area (TPSA) is 63.5 Å². The molecule has 25 heavy (non-hydrogen) atoms. The number of aliphatic imine (C=N–C) groups is 1. The molecule has 2 aliphatic rings. The number of ether oxygens (including phenoxy) is 1. The van der Waals surface area contributed by atoms with Crippen LogP contribution >= 0.6 is 24.0 Å². The number of fused-ring (bicyclic) bond motifs is 3. The van der Waals surface area contributed by atoms with Gasteiger partial charge in [0.15, 0.2) is 5.96 Å². The molecule has 6 nitrogen and oxygen atoms in total. The van der Waals surface area contributed by atoms with Crippen molar-refractivity contribution in [3.05, 3.63) is 30.1 Å². The van der Waals surface area contributed by atoms with E-state index in [-0.39, 0.29) is 24.0 Å². The minimum Gasteiger partial charge on any atom is -0.373 e. The summed E-state index contributed by atoms with van der Waals surface area (Å²) in [5.74, 6) is 1.90. The summed E-state index contributed by atoms with van der Waals surface area (Å²) in [6.07, 6.45) is 4.27. The Balaban J connectivity index is 0.00000182. The highest BCUT2D eigenvalue weighted by Gasteiger charge is 2.41. The number of guanidine groups is 1. The monoisotopic (exact) mass is 455 g/mol. The van der Waals surface area contributed by atoms with Crippen LogP contribution in [0.3, 0.4) is 0 Å². The average molecular weight is 455 g/mol. The number of imidazole rings is 1. The standard InChI is InChI=1S/C18H25N5O.HI/c1-12-21-14-5-3-4-6-16(14)23(12)10-9-20-18(19-2)22-15-11-13-7-8-17(15)24-13;/h3-6,13,15,17H,7-11H2,1-2H3,(H2,19,20,22);1H. The maximum atomic E-state index is 5.90. The maximum Gasteiger partial charge on any atom is 0.191 e. The normalized spacial score (nSPS) is 25.2. The number of hydrogen-bond donors (Lipinski definition) is 2. The number of aryl methyl sites for hydroxylation is 1. The van der Waals surface area contributed by atoms with Crippen molar-refractivity contribution in [2.75, 3.05) is 13.6 Å². The van der Waals surface area contributed by atoms with Crippen LogP contribution in [0.4, 0.5) is 0 Å². The molecular formula is C18H26IN5O. The zero-order valence-corrected chi connectivity index (χ0v) is 17.1. The second-order valence-corrected chi connectivity index (χ2v) is 6.66. The van der Waals surface area contributed by atoms with Crippen molar-refractivity contribution in [3.8, 4) is 0 Å². The summed E-state index contributed by atoms with van der Waals surface area (Å²) in [6.45, 7) is 3.72. The fourth-order valence-corrected chi connectivity index (χ4v) is 3.92. The molecule has 7 heteroatoms. The minimum absolute atomic E-state index is 0.